The first-order chi connectivity index (χ1) is 16.0. The number of benzene rings is 1. The summed E-state index contributed by atoms with van der Waals surface area (Å²) < 4.78 is 14.3. The largest absolute Gasteiger partial charge is 0.417 e. The molecule has 0 aliphatic carbocycles. The van der Waals surface area contributed by atoms with Crippen LogP contribution in [0.15, 0.2) is 22.7 Å². The van der Waals surface area contributed by atoms with Crippen LogP contribution in [0, 0.1) is 20.3 Å². The van der Waals surface area contributed by atoms with E-state index in [0.717, 1.165) is 72.9 Å². The zero-order valence-corrected chi connectivity index (χ0v) is 23.2. The smallest absolute Gasteiger partial charge is 0.191 e. The summed E-state index contributed by atoms with van der Waals surface area (Å²) in [5.74, 6) is 1.92. The minimum Gasteiger partial charge on any atom is -0.417 e. The molecule has 3 heterocycles. The summed E-state index contributed by atoms with van der Waals surface area (Å²) in [5.41, 5.74) is 5.35. The highest BCUT2D eigenvalue weighted by Crippen LogP contribution is 2.37. The van der Waals surface area contributed by atoms with Crippen molar-refractivity contribution in [2.45, 2.75) is 78.1 Å². The lowest BCUT2D eigenvalue weighted by atomic mass is 10.0. The van der Waals surface area contributed by atoms with Crippen LogP contribution in [0.3, 0.4) is 0 Å². The minimum atomic E-state index is -1.75. The number of imidazole rings is 1. The number of fused-ring (bicyclic) bond motifs is 1. The molecule has 2 aromatic heterocycles. The van der Waals surface area contributed by atoms with Gasteiger partial charge in [-0.05, 0) is 89.1 Å². The van der Waals surface area contributed by atoms with Crippen molar-refractivity contribution in [3.8, 4) is 11.1 Å². The first kappa shape index (κ1) is 25.1. The van der Waals surface area contributed by atoms with E-state index in [4.69, 9.17) is 13.9 Å². The molecule has 6 nitrogen and oxygen atoms in total. The van der Waals surface area contributed by atoms with Gasteiger partial charge in [-0.2, -0.15) is 0 Å². The average Bonchev–Trinajstić information content (AvgIpc) is 3.29. The summed E-state index contributed by atoms with van der Waals surface area (Å²) in [6, 6.07) is 7.08. The zero-order valence-electron chi connectivity index (χ0n) is 22.2. The normalized spacial score (nSPS) is 16.6. The van der Waals surface area contributed by atoms with E-state index in [1.807, 2.05) is 13.8 Å². The van der Waals surface area contributed by atoms with Gasteiger partial charge in [0.2, 0.25) is 0 Å². The third-order valence-corrected chi connectivity index (χ3v) is 12.3. The Labute approximate surface area is 205 Å². The third-order valence-electron chi connectivity index (χ3n) is 7.81. The van der Waals surface area contributed by atoms with Crippen molar-refractivity contribution in [3.05, 3.63) is 41.9 Å². The van der Waals surface area contributed by atoms with Crippen molar-refractivity contribution >= 4 is 19.4 Å². The fourth-order valence-corrected chi connectivity index (χ4v) is 5.73. The number of aromatic nitrogens is 3. The van der Waals surface area contributed by atoms with Crippen molar-refractivity contribution in [2.24, 2.45) is 0 Å². The van der Waals surface area contributed by atoms with E-state index in [-0.39, 0.29) is 5.04 Å². The molecule has 185 valence electrons. The van der Waals surface area contributed by atoms with Crippen molar-refractivity contribution in [1.82, 2.24) is 19.6 Å². The van der Waals surface area contributed by atoms with Gasteiger partial charge >= 0.3 is 0 Å². The summed E-state index contributed by atoms with van der Waals surface area (Å²) in [7, 11) is 0.467. The Morgan fingerprint density at radius 3 is 2.50 bits per heavy atom. The lowest BCUT2D eigenvalue weighted by Gasteiger charge is -2.36. The number of piperidine rings is 1. The SMILES string of the molecule is Cc1noc(C)c1-c1ccc2c(c1)nc([CH]CCO[Si](C)(C)C(C)(C)C)n2C1CCN(C)CC1. The van der Waals surface area contributed by atoms with Crippen LogP contribution in [0.25, 0.3) is 22.2 Å². The Morgan fingerprint density at radius 2 is 1.88 bits per heavy atom. The standard InChI is InChI=1S/C27H41N4O2Si/c1-19-26(20(2)33-29-19)21-11-12-24-23(18-21)28-25(31(24)22-13-15-30(6)16-14-22)10-9-17-32-34(7,8)27(3,4)5/h10-12,18,22H,9,13-17H2,1-8H3. The van der Waals surface area contributed by atoms with Crippen LogP contribution in [0.5, 0.6) is 0 Å². The van der Waals surface area contributed by atoms with Crippen LogP contribution in [0.4, 0.5) is 0 Å². The maximum Gasteiger partial charge on any atom is 0.191 e. The molecule has 1 aliphatic heterocycles. The van der Waals surface area contributed by atoms with Crippen molar-refractivity contribution < 1.29 is 8.95 Å². The molecule has 4 rings (SSSR count). The van der Waals surface area contributed by atoms with E-state index >= 15 is 0 Å². The molecular weight excluding hydrogens is 440 g/mol. The molecule has 0 amide bonds. The highest BCUT2D eigenvalue weighted by Gasteiger charge is 2.37. The zero-order chi connectivity index (χ0) is 24.7. The molecule has 1 aromatic carbocycles. The Hall–Kier alpha value is -1.96. The van der Waals surface area contributed by atoms with Crippen LogP contribution in [-0.4, -0.2) is 54.7 Å². The third kappa shape index (κ3) is 5.02. The summed E-state index contributed by atoms with van der Waals surface area (Å²) in [6.45, 7) is 18.5. The summed E-state index contributed by atoms with van der Waals surface area (Å²) in [6.07, 6.45) is 5.45. The highest BCUT2D eigenvalue weighted by molar-refractivity contribution is 6.74. The van der Waals surface area contributed by atoms with Crippen LogP contribution in [0.1, 0.15) is 63.4 Å². The maximum absolute atomic E-state index is 6.43. The molecule has 34 heavy (non-hydrogen) atoms. The van der Waals surface area contributed by atoms with Gasteiger partial charge in [0.1, 0.15) is 11.6 Å². The number of rotatable bonds is 7. The molecule has 1 radical (unpaired) electrons. The van der Waals surface area contributed by atoms with Gasteiger partial charge in [0.25, 0.3) is 0 Å². The number of hydrogen-bond donors (Lipinski definition) is 0. The molecular formula is C27H41N4O2Si. The molecule has 0 saturated carbocycles. The Balaban J connectivity index is 1.62. The second kappa shape index (κ2) is 9.59. The first-order valence-corrected chi connectivity index (χ1v) is 15.5. The molecule has 1 fully saturated rings. The molecule has 3 aromatic rings. The topological polar surface area (TPSA) is 56.3 Å². The van der Waals surface area contributed by atoms with Crippen molar-refractivity contribution in [2.75, 3.05) is 26.7 Å². The maximum atomic E-state index is 6.43. The van der Waals surface area contributed by atoms with E-state index in [0.29, 0.717) is 6.04 Å². The summed E-state index contributed by atoms with van der Waals surface area (Å²) >= 11 is 0. The average molecular weight is 482 g/mol. The van der Waals surface area contributed by atoms with Crippen LogP contribution >= 0.6 is 0 Å². The fourth-order valence-electron chi connectivity index (χ4n) is 4.67. The van der Waals surface area contributed by atoms with Gasteiger partial charge in [-0.3, -0.25) is 0 Å². The van der Waals surface area contributed by atoms with E-state index in [9.17, 15) is 0 Å². The van der Waals surface area contributed by atoms with Gasteiger partial charge in [0.15, 0.2) is 8.32 Å². The predicted molar refractivity (Wildman–Crippen MR) is 142 cm³/mol. The summed E-state index contributed by atoms with van der Waals surface area (Å²) in [4.78, 5) is 7.54. The van der Waals surface area contributed by atoms with E-state index in [1.165, 1.54) is 5.52 Å². The quantitative estimate of drug-likeness (QED) is 0.283. The van der Waals surface area contributed by atoms with Gasteiger partial charge in [-0.1, -0.05) is 32.0 Å². The molecule has 0 bridgehead atoms. The molecule has 0 spiro atoms. The van der Waals surface area contributed by atoms with Gasteiger partial charge in [-0.25, -0.2) is 4.98 Å². The number of nitrogens with zero attached hydrogens (tertiary/aromatic N) is 4. The first-order valence-electron chi connectivity index (χ1n) is 12.6. The molecule has 0 unspecified atom stereocenters. The van der Waals surface area contributed by atoms with Crippen molar-refractivity contribution in [1.29, 1.82) is 0 Å². The van der Waals surface area contributed by atoms with Gasteiger partial charge < -0.3 is 18.4 Å². The van der Waals surface area contributed by atoms with Gasteiger partial charge in [0, 0.05) is 24.6 Å². The molecule has 7 heteroatoms. The van der Waals surface area contributed by atoms with Crippen LogP contribution in [-0.2, 0) is 4.43 Å². The predicted octanol–water partition coefficient (Wildman–Crippen LogP) is 6.54. The molecule has 1 saturated heterocycles. The van der Waals surface area contributed by atoms with Gasteiger partial charge in [0.05, 0.1) is 16.7 Å². The fraction of sp³-hybridized carbons (Fsp3) is 0.593. The van der Waals surface area contributed by atoms with Crippen LogP contribution < -0.4 is 0 Å². The Bertz CT molecular complexity index is 1110. The molecule has 0 atom stereocenters. The van der Waals surface area contributed by atoms with Crippen molar-refractivity contribution in [3.63, 3.8) is 0 Å². The number of hydrogen-bond acceptors (Lipinski definition) is 5. The lowest BCUT2D eigenvalue weighted by molar-refractivity contribution is 0.222. The minimum absolute atomic E-state index is 0.225. The molecule has 1 aliphatic rings. The van der Waals surface area contributed by atoms with E-state index in [1.54, 1.807) is 0 Å². The Morgan fingerprint density at radius 1 is 1.18 bits per heavy atom. The monoisotopic (exact) mass is 481 g/mol. The second-order valence-electron chi connectivity index (χ2n) is 11.4. The number of likely N-dealkylation sites (tertiary alicyclic amines) is 1. The second-order valence-corrected chi connectivity index (χ2v) is 16.2. The Kier molecular flexibility index (Phi) is 7.09. The van der Waals surface area contributed by atoms with E-state index < -0.39 is 8.32 Å². The molecule has 0 N–H and O–H groups in total. The van der Waals surface area contributed by atoms with Gasteiger partial charge in [-0.15, -0.1) is 0 Å². The lowest BCUT2D eigenvalue weighted by Crippen LogP contribution is -2.41. The number of aryl methyl sites for hydroxylation is 2. The highest BCUT2D eigenvalue weighted by atomic mass is 28.4. The van der Waals surface area contributed by atoms with Crippen LogP contribution in [0.2, 0.25) is 18.1 Å². The summed E-state index contributed by atoms with van der Waals surface area (Å²) in [5, 5.41) is 4.37. The van der Waals surface area contributed by atoms with E-state index in [2.05, 4.69) is 80.2 Å².